The Labute approximate surface area is 173 Å². The van der Waals surface area contributed by atoms with E-state index < -0.39 is 0 Å². The van der Waals surface area contributed by atoms with Gasteiger partial charge in [-0.25, -0.2) is 0 Å². The number of thioether (sulfide) groups is 1. The molecule has 1 aromatic heterocycles. The van der Waals surface area contributed by atoms with E-state index in [9.17, 15) is 4.79 Å². The Bertz CT molecular complexity index is 985. The van der Waals surface area contributed by atoms with Gasteiger partial charge < -0.3 is 14.1 Å². The zero-order chi connectivity index (χ0) is 20.5. The maximum absolute atomic E-state index is 12.8. The van der Waals surface area contributed by atoms with E-state index in [0.29, 0.717) is 29.0 Å². The van der Waals surface area contributed by atoms with Gasteiger partial charge in [0.2, 0.25) is 11.8 Å². The number of ether oxygens (including phenoxy) is 1. The largest absolute Gasteiger partial charge is 0.495 e. The zero-order valence-corrected chi connectivity index (χ0v) is 16.8. The number of para-hydroxylation sites is 2. The molecule has 3 rings (SSSR count). The highest BCUT2D eigenvalue weighted by molar-refractivity contribution is 7.99. The summed E-state index contributed by atoms with van der Waals surface area (Å²) in [4.78, 5) is 14.4. The third-order valence-electron chi connectivity index (χ3n) is 4.09. The predicted octanol–water partition coefficient (Wildman–Crippen LogP) is 3.71. The van der Waals surface area contributed by atoms with E-state index in [0.717, 1.165) is 5.56 Å². The number of benzene rings is 2. The fraction of sp³-hybridized carbons (Fsp3) is 0.238. The average Bonchev–Trinajstić information content (AvgIpc) is 3.20. The first-order valence-corrected chi connectivity index (χ1v) is 9.99. The SMILES string of the molecule is COc1ccccc1N(CCC#N)C(=O)CSc1nnc(Cc2ccccc2)o1. The summed E-state index contributed by atoms with van der Waals surface area (Å²) in [5.41, 5.74) is 1.70. The van der Waals surface area contributed by atoms with Crippen molar-refractivity contribution in [3.8, 4) is 11.8 Å². The predicted molar refractivity (Wildman–Crippen MR) is 110 cm³/mol. The summed E-state index contributed by atoms with van der Waals surface area (Å²) in [6, 6.07) is 19.1. The molecule has 1 amide bonds. The van der Waals surface area contributed by atoms with Crippen LogP contribution in [-0.4, -0.2) is 35.5 Å². The Hall–Kier alpha value is -3.31. The Balaban J connectivity index is 1.65. The van der Waals surface area contributed by atoms with Crippen LogP contribution in [0.5, 0.6) is 5.75 Å². The maximum atomic E-state index is 12.8. The fourth-order valence-electron chi connectivity index (χ4n) is 2.73. The smallest absolute Gasteiger partial charge is 0.277 e. The maximum Gasteiger partial charge on any atom is 0.277 e. The summed E-state index contributed by atoms with van der Waals surface area (Å²) in [6.45, 7) is 0.277. The van der Waals surface area contributed by atoms with Gasteiger partial charge in [-0.1, -0.05) is 54.2 Å². The van der Waals surface area contributed by atoms with Crippen LogP contribution in [0.1, 0.15) is 17.9 Å². The van der Waals surface area contributed by atoms with E-state index in [1.165, 1.54) is 11.8 Å². The molecular formula is C21H20N4O3S. The first-order valence-electron chi connectivity index (χ1n) is 9.00. The molecule has 7 nitrogen and oxygen atoms in total. The molecule has 8 heteroatoms. The molecule has 0 radical (unpaired) electrons. The van der Waals surface area contributed by atoms with Crippen molar-refractivity contribution in [1.29, 1.82) is 5.26 Å². The van der Waals surface area contributed by atoms with Gasteiger partial charge in [-0.05, 0) is 17.7 Å². The molecule has 0 bridgehead atoms. The molecule has 0 aliphatic carbocycles. The summed E-state index contributed by atoms with van der Waals surface area (Å²) < 4.78 is 11.0. The van der Waals surface area contributed by atoms with Crippen molar-refractivity contribution in [2.45, 2.75) is 18.1 Å². The Kier molecular flexibility index (Phi) is 7.25. The lowest BCUT2D eigenvalue weighted by Crippen LogP contribution is -2.33. The molecule has 0 saturated heterocycles. The Morgan fingerprint density at radius 3 is 2.69 bits per heavy atom. The molecule has 0 fully saturated rings. The molecule has 0 unspecified atom stereocenters. The molecule has 0 aliphatic heterocycles. The second-order valence-electron chi connectivity index (χ2n) is 6.04. The summed E-state index contributed by atoms with van der Waals surface area (Å²) in [7, 11) is 1.55. The van der Waals surface area contributed by atoms with Crippen LogP contribution in [0.2, 0.25) is 0 Å². The van der Waals surface area contributed by atoms with Crippen LogP contribution in [0, 0.1) is 11.3 Å². The van der Waals surface area contributed by atoms with Crippen molar-refractivity contribution in [3.05, 3.63) is 66.1 Å². The average molecular weight is 408 g/mol. The second-order valence-corrected chi connectivity index (χ2v) is 6.96. The topological polar surface area (TPSA) is 92.2 Å². The molecule has 0 spiro atoms. The molecule has 0 saturated carbocycles. The van der Waals surface area contributed by atoms with E-state index in [1.54, 1.807) is 24.1 Å². The number of nitrogens with zero attached hydrogens (tertiary/aromatic N) is 4. The molecule has 0 N–H and O–H groups in total. The van der Waals surface area contributed by atoms with Crippen molar-refractivity contribution in [3.63, 3.8) is 0 Å². The minimum absolute atomic E-state index is 0.108. The minimum atomic E-state index is -0.169. The highest BCUT2D eigenvalue weighted by Crippen LogP contribution is 2.29. The van der Waals surface area contributed by atoms with Gasteiger partial charge in [0.15, 0.2) is 0 Å². The van der Waals surface area contributed by atoms with Gasteiger partial charge in [0.25, 0.3) is 5.22 Å². The van der Waals surface area contributed by atoms with E-state index in [-0.39, 0.29) is 24.6 Å². The van der Waals surface area contributed by atoms with Gasteiger partial charge in [0, 0.05) is 6.54 Å². The van der Waals surface area contributed by atoms with Gasteiger partial charge in [-0.2, -0.15) is 5.26 Å². The van der Waals surface area contributed by atoms with Crippen molar-refractivity contribution < 1.29 is 13.9 Å². The van der Waals surface area contributed by atoms with Crippen LogP contribution in [0.25, 0.3) is 0 Å². The summed E-state index contributed by atoms with van der Waals surface area (Å²) >= 11 is 1.17. The number of hydrogen-bond donors (Lipinski definition) is 0. The van der Waals surface area contributed by atoms with Crippen LogP contribution < -0.4 is 9.64 Å². The normalized spacial score (nSPS) is 10.3. The second kappa shape index (κ2) is 10.3. The number of methoxy groups -OCH3 is 1. The number of carbonyl (C=O) groups is 1. The van der Waals surface area contributed by atoms with Crippen molar-refractivity contribution in [2.75, 3.05) is 24.3 Å². The molecule has 3 aromatic rings. The van der Waals surface area contributed by atoms with Gasteiger partial charge >= 0.3 is 0 Å². The summed E-state index contributed by atoms with van der Waals surface area (Å²) in [6.07, 6.45) is 0.758. The van der Waals surface area contributed by atoms with Gasteiger partial charge in [-0.3, -0.25) is 4.79 Å². The molecule has 0 atom stereocenters. The highest BCUT2D eigenvalue weighted by Gasteiger charge is 2.20. The number of anilines is 1. The molecule has 148 valence electrons. The van der Waals surface area contributed by atoms with Crippen LogP contribution in [0.15, 0.2) is 64.2 Å². The van der Waals surface area contributed by atoms with Crippen molar-refractivity contribution >= 4 is 23.4 Å². The number of rotatable bonds is 9. The first kappa shape index (κ1) is 20.4. The van der Waals surface area contributed by atoms with E-state index in [1.807, 2.05) is 42.5 Å². The highest BCUT2D eigenvalue weighted by atomic mass is 32.2. The number of nitriles is 1. The lowest BCUT2D eigenvalue weighted by molar-refractivity contribution is -0.116. The van der Waals surface area contributed by atoms with Crippen LogP contribution in [0.3, 0.4) is 0 Å². The van der Waals surface area contributed by atoms with E-state index in [4.69, 9.17) is 14.4 Å². The molecule has 29 heavy (non-hydrogen) atoms. The minimum Gasteiger partial charge on any atom is -0.495 e. The van der Waals surface area contributed by atoms with Crippen LogP contribution in [0.4, 0.5) is 5.69 Å². The Morgan fingerprint density at radius 2 is 1.93 bits per heavy atom. The number of amides is 1. The standard InChI is InChI=1S/C21H20N4O3S/c1-27-18-11-6-5-10-17(18)25(13-7-12-22)20(26)15-29-21-24-23-19(28-21)14-16-8-3-2-4-9-16/h2-6,8-11H,7,13-15H2,1H3. The van der Waals surface area contributed by atoms with Crippen LogP contribution >= 0.6 is 11.8 Å². The molecule has 0 aliphatic rings. The monoisotopic (exact) mass is 408 g/mol. The quantitative estimate of drug-likeness (QED) is 0.498. The summed E-state index contributed by atoms with van der Waals surface area (Å²) in [5, 5.41) is 17.3. The third kappa shape index (κ3) is 5.59. The van der Waals surface area contributed by atoms with E-state index in [2.05, 4.69) is 16.3 Å². The Morgan fingerprint density at radius 1 is 1.17 bits per heavy atom. The molecule has 2 aromatic carbocycles. The lowest BCUT2D eigenvalue weighted by Gasteiger charge is -2.23. The summed E-state index contributed by atoms with van der Waals surface area (Å²) in [5.74, 6) is 1.01. The number of carbonyl (C=O) groups excluding carboxylic acids is 1. The zero-order valence-electron chi connectivity index (χ0n) is 15.9. The third-order valence-corrected chi connectivity index (χ3v) is 4.89. The lowest BCUT2D eigenvalue weighted by atomic mass is 10.2. The number of aromatic nitrogens is 2. The van der Waals surface area contributed by atoms with E-state index >= 15 is 0 Å². The first-order chi connectivity index (χ1) is 14.2. The molecule has 1 heterocycles. The van der Waals surface area contributed by atoms with Crippen molar-refractivity contribution in [1.82, 2.24) is 10.2 Å². The van der Waals surface area contributed by atoms with Crippen molar-refractivity contribution in [2.24, 2.45) is 0 Å². The van der Waals surface area contributed by atoms with Gasteiger partial charge in [0.05, 0.1) is 37.5 Å². The molecular weight excluding hydrogens is 388 g/mol. The van der Waals surface area contributed by atoms with Gasteiger partial charge in [0.1, 0.15) is 5.75 Å². The van der Waals surface area contributed by atoms with Crippen LogP contribution in [-0.2, 0) is 11.2 Å². The fourth-order valence-corrected chi connectivity index (χ4v) is 3.39. The van der Waals surface area contributed by atoms with Gasteiger partial charge in [-0.15, -0.1) is 10.2 Å². The number of hydrogen-bond acceptors (Lipinski definition) is 7.